The van der Waals surface area contributed by atoms with Crippen LogP contribution in [0, 0.1) is 11.3 Å². The van der Waals surface area contributed by atoms with Gasteiger partial charge in [0.15, 0.2) is 0 Å². The van der Waals surface area contributed by atoms with Gasteiger partial charge in [0.1, 0.15) is 29.3 Å². The molecule has 1 saturated heterocycles. The highest BCUT2D eigenvalue weighted by molar-refractivity contribution is 7.91. The Hall–Kier alpha value is -3.36. The second-order valence-electron chi connectivity index (χ2n) is 15.6. The predicted octanol–water partition coefficient (Wildman–Crippen LogP) is 3.60. The van der Waals surface area contributed by atoms with E-state index in [9.17, 15) is 32.4 Å². The summed E-state index contributed by atoms with van der Waals surface area (Å²) < 4.78 is 38.7. The number of hydrogen-bond donors (Lipinski definition) is 3. The maximum atomic E-state index is 14.3. The van der Waals surface area contributed by atoms with Crippen LogP contribution in [0.25, 0.3) is 0 Å². The van der Waals surface area contributed by atoms with E-state index in [4.69, 9.17) is 9.47 Å². The molecule has 2 saturated carbocycles. The molecule has 2 aliphatic carbocycles. The zero-order valence-corrected chi connectivity index (χ0v) is 31.2. The molecule has 15 heteroatoms. The molecule has 5 amide bonds. The van der Waals surface area contributed by atoms with Crippen molar-refractivity contribution >= 4 is 39.9 Å². The number of carbonyl (C=O) groups excluding carboxylic acids is 5. The maximum absolute atomic E-state index is 14.3. The lowest BCUT2D eigenvalue weighted by Gasteiger charge is -2.36. The molecule has 3 fully saturated rings. The molecule has 0 radical (unpaired) electrons. The third-order valence-corrected chi connectivity index (χ3v) is 10.8. The van der Waals surface area contributed by atoms with Crippen LogP contribution < -0.4 is 15.4 Å². The predicted molar refractivity (Wildman–Crippen MR) is 184 cm³/mol. The summed E-state index contributed by atoms with van der Waals surface area (Å²) in [4.78, 5) is 70.9. The van der Waals surface area contributed by atoms with Crippen LogP contribution >= 0.6 is 0 Å². The third kappa shape index (κ3) is 10.6. The van der Waals surface area contributed by atoms with Crippen molar-refractivity contribution in [3.8, 4) is 0 Å². The van der Waals surface area contributed by atoms with Crippen molar-refractivity contribution in [3.63, 3.8) is 0 Å². The molecule has 1 aliphatic heterocycles. The number of likely N-dealkylation sites (tertiary alicyclic amines) is 1. The van der Waals surface area contributed by atoms with Gasteiger partial charge >= 0.3 is 12.2 Å². The number of nitrogens with zero attached hydrogens (tertiary/aromatic N) is 2. The van der Waals surface area contributed by atoms with Crippen molar-refractivity contribution in [2.75, 3.05) is 19.6 Å². The van der Waals surface area contributed by atoms with Gasteiger partial charge in [0.25, 0.3) is 5.91 Å². The Balaban J connectivity index is 1.91. The van der Waals surface area contributed by atoms with E-state index in [2.05, 4.69) is 21.9 Å². The highest BCUT2D eigenvalue weighted by Crippen LogP contribution is 2.45. The van der Waals surface area contributed by atoms with Crippen molar-refractivity contribution < 1.29 is 41.9 Å². The Labute approximate surface area is 291 Å². The minimum absolute atomic E-state index is 0.0706. The smallest absolute Gasteiger partial charge is 0.410 e. The Morgan fingerprint density at radius 3 is 2.08 bits per heavy atom. The highest BCUT2D eigenvalue weighted by Gasteiger charge is 2.62. The number of hydrogen-bond acceptors (Lipinski definition) is 9. The summed E-state index contributed by atoms with van der Waals surface area (Å²) in [6.45, 7) is 19.0. The monoisotopic (exact) mass is 711 g/mol. The van der Waals surface area contributed by atoms with E-state index in [-0.39, 0.29) is 19.4 Å². The van der Waals surface area contributed by atoms with Gasteiger partial charge in [0.2, 0.25) is 21.8 Å². The van der Waals surface area contributed by atoms with Crippen molar-refractivity contribution in [2.24, 2.45) is 11.3 Å². The van der Waals surface area contributed by atoms with Crippen LogP contribution in [0.5, 0.6) is 0 Å². The lowest BCUT2D eigenvalue weighted by atomic mass is 9.85. The van der Waals surface area contributed by atoms with Gasteiger partial charge in [-0.3, -0.25) is 19.1 Å². The summed E-state index contributed by atoms with van der Waals surface area (Å²) in [5.74, 6) is -2.71. The van der Waals surface area contributed by atoms with Gasteiger partial charge in [-0.1, -0.05) is 53.5 Å². The summed E-state index contributed by atoms with van der Waals surface area (Å²) in [6, 6.07) is -2.34. The molecule has 1 heterocycles. The molecule has 3 aliphatic rings. The highest BCUT2D eigenvalue weighted by atomic mass is 32.2. The van der Waals surface area contributed by atoms with Gasteiger partial charge in [0, 0.05) is 25.4 Å². The standard InChI is InChI=1S/C34H57N5O9S/c1-10-13-17-38(18-14-11-2)31(44)47-23-19-25(39(21-23)28(41)26(32(4,5)6)35-30(43)48-33(7,8)9)27(40)36-34(20-22(34)12-3)29(42)37-49(45,46)24-15-16-24/h12,22-26H,3,10-11,13-21H2,1-2,4-9H3,(H,35,43)(H,36,40)(H,37,42). The first-order chi connectivity index (χ1) is 22.7. The van der Waals surface area contributed by atoms with Crippen LogP contribution in [0.4, 0.5) is 9.59 Å². The van der Waals surface area contributed by atoms with E-state index < -0.39 is 85.8 Å². The molecule has 3 N–H and O–H groups in total. The minimum Gasteiger partial charge on any atom is -0.444 e. The molecule has 49 heavy (non-hydrogen) atoms. The second-order valence-corrected chi connectivity index (χ2v) is 17.5. The number of sulfonamides is 1. The second kappa shape index (κ2) is 15.7. The summed E-state index contributed by atoms with van der Waals surface area (Å²) in [6.07, 6.45) is 3.54. The van der Waals surface area contributed by atoms with E-state index in [0.717, 1.165) is 25.7 Å². The van der Waals surface area contributed by atoms with Gasteiger partial charge in [-0.15, -0.1) is 6.58 Å². The average molecular weight is 712 g/mol. The van der Waals surface area contributed by atoms with Crippen molar-refractivity contribution in [1.82, 2.24) is 25.2 Å². The maximum Gasteiger partial charge on any atom is 0.410 e. The first kappa shape index (κ1) is 40.1. The average Bonchev–Trinajstić information content (AvgIpc) is 3.91. The fourth-order valence-electron chi connectivity index (χ4n) is 5.84. The molecule has 5 unspecified atom stereocenters. The largest absolute Gasteiger partial charge is 0.444 e. The van der Waals surface area contributed by atoms with Gasteiger partial charge in [-0.2, -0.15) is 0 Å². The summed E-state index contributed by atoms with van der Waals surface area (Å²) in [5, 5.41) is 4.75. The molecule has 0 aromatic carbocycles. The topological polar surface area (TPSA) is 181 Å². The Kier molecular flexibility index (Phi) is 12.8. The van der Waals surface area contributed by atoms with E-state index in [0.29, 0.717) is 25.9 Å². The van der Waals surface area contributed by atoms with Crippen LogP contribution in [0.15, 0.2) is 12.7 Å². The van der Waals surface area contributed by atoms with Crippen molar-refractivity contribution in [1.29, 1.82) is 0 Å². The fraction of sp³-hybridized carbons (Fsp3) is 0.794. The van der Waals surface area contributed by atoms with E-state index in [1.165, 1.54) is 11.0 Å². The van der Waals surface area contributed by atoms with Gasteiger partial charge < -0.3 is 29.9 Å². The van der Waals surface area contributed by atoms with Crippen LogP contribution in [-0.4, -0.2) is 102 Å². The van der Waals surface area contributed by atoms with Crippen LogP contribution in [0.1, 0.15) is 107 Å². The van der Waals surface area contributed by atoms with Crippen LogP contribution in [0.2, 0.25) is 0 Å². The first-order valence-electron chi connectivity index (χ1n) is 17.4. The Morgan fingerprint density at radius 2 is 1.61 bits per heavy atom. The number of rotatable bonds is 15. The minimum atomic E-state index is -3.90. The molecule has 0 spiro atoms. The van der Waals surface area contributed by atoms with E-state index >= 15 is 0 Å². The molecule has 3 rings (SSSR count). The fourth-order valence-corrected chi connectivity index (χ4v) is 7.21. The molecule has 5 atom stereocenters. The zero-order valence-electron chi connectivity index (χ0n) is 30.4. The third-order valence-electron chi connectivity index (χ3n) is 8.96. The summed E-state index contributed by atoms with van der Waals surface area (Å²) >= 11 is 0. The number of alkyl carbamates (subject to hydrolysis) is 1. The summed E-state index contributed by atoms with van der Waals surface area (Å²) in [5.41, 5.74) is -3.23. The van der Waals surface area contributed by atoms with E-state index in [1.54, 1.807) is 46.4 Å². The SMILES string of the molecule is C=CC1CC1(NC(=O)C1CC(OC(=O)N(CCCC)CCCC)CN1C(=O)C(NC(=O)OC(C)(C)C)C(C)(C)C)C(=O)NS(=O)(=O)C1CC1. The Bertz CT molecular complexity index is 1360. The van der Waals surface area contributed by atoms with Gasteiger partial charge in [-0.05, 0) is 58.3 Å². The quantitative estimate of drug-likeness (QED) is 0.214. The van der Waals surface area contributed by atoms with E-state index in [1.807, 2.05) is 13.8 Å². The summed E-state index contributed by atoms with van der Waals surface area (Å²) in [7, 11) is -3.90. The Morgan fingerprint density at radius 1 is 1.02 bits per heavy atom. The van der Waals surface area contributed by atoms with Gasteiger partial charge in [0.05, 0.1) is 11.8 Å². The molecule has 0 aromatic rings. The first-order valence-corrected chi connectivity index (χ1v) is 19.0. The molecule has 0 aromatic heterocycles. The number of nitrogens with one attached hydrogen (secondary N) is 3. The number of amides is 5. The lowest BCUT2D eigenvalue weighted by Crippen LogP contribution is -2.60. The van der Waals surface area contributed by atoms with Gasteiger partial charge in [-0.25, -0.2) is 18.0 Å². The van der Waals surface area contributed by atoms with Crippen LogP contribution in [-0.2, 0) is 33.9 Å². The molecule has 0 bridgehead atoms. The van der Waals surface area contributed by atoms with Crippen LogP contribution in [0.3, 0.4) is 0 Å². The zero-order chi connectivity index (χ0) is 36.9. The molecular formula is C34H57N5O9S. The lowest BCUT2D eigenvalue weighted by molar-refractivity contribution is -0.143. The van der Waals surface area contributed by atoms with Crippen molar-refractivity contribution in [2.45, 2.75) is 141 Å². The molecule has 14 nitrogen and oxygen atoms in total. The number of unbranched alkanes of at least 4 members (excludes halogenated alkanes) is 2. The van der Waals surface area contributed by atoms with Crippen molar-refractivity contribution in [3.05, 3.63) is 12.7 Å². The number of ether oxygens (including phenoxy) is 2. The number of carbonyl (C=O) groups is 5. The molecular weight excluding hydrogens is 654 g/mol. The normalized spacial score (nSPS) is 24.3. The molecule has 278 valence electrons.